The molecule has 0 aromatic rings. The number of nitrogens with zero attached hydrogens (tertiary/aromatic N) is 1. The zero-order chi connectivity index (χ0) is 24.6. The van der Waals surface area contributed by atoms with Crippen LogP contribution < -0.4 is 0 Å². The molecule has 0 N–H and O–H groups in total. The molecule has 1 nitrogen and oxygen atoms in total. The summed E-state index contributed by atoms with van der Waals surface area (Å²) in [5.74, 6) is 6.81. The van der Waals surface area contributed by atoms with Gasteiger partial charge in [0, 0.05) is 29.8 Å². The van der Waals surface area contributed by atoms with Crippen molar-refractivity contribution in [1.29, 1.82) is 0 Å². The first-order valence-electron chi connectivity index (χ1n) is 15.0. The monoisotopic (exact) mass is 513 g/mol. The highest BCUT2D eigenvalue weighted by atomic mass is 33.1. The molecule has 0 bridgehead atoms. The average Bonchev–Trinajstić information content (AvgIpc) is 3.46. The standard InChI is InChI=1S/C32H51NS2/c1-22(2)7-6-8-23(3)28-11-12-29-27-10-9-25-19-26(35-34-21-24-15-18-33-20-24)13-16-31(25,4)30(27)14-17-32(28,29)5/h9,18,20,22-23,26-30H,6-8,10-17,19,21H2,1-5H3. The summed E-state index contributed by atoms with van der Waals surface area (Å²) >= 11 is 0. The van der Waals surface area contributed by atoms with Gasteiger partial charge < -0.3 is 0 Å². The third-order valence-corrected chi connectivity index (χ3v) is 14.3. The molecule has 35 heavy (non-hydrogen) atoms. The number of aliphatic imine (C=N–C) groups is 1. The van der Waals surface area contributed by atoms with E-state index in [9.17, 15) is 0 Å². The predicted molar refractivity (Wildman–Crippen MR) is 158 cm³/mol. The summed E-state index contributed by atoms with van der Waals surface area (Å²) in [5, 5.41) is 0.815. The second-order valence-electron chi connectivity index (χ2n) is 13.8. The maximum Gasteiger partial charge on any atom is 0.0269 e. The van der Waals surface area contributed by atoms with Crippen LogP contribution >= 0.6 is 21.6 Å². The summed E-state index contributed by atoms with van der Waals surface area (Å²) in [6.07, 6.45) is 23.9. The molecule has 0 radical (unpaired) electrons. The van der Waals surface area contributed by atoms with Crippen LogP contribution in [-0.2, 0) is 0 Å². The molecule has 0 saturated heterocycles. The van der Waals surface area contributed by atoms with E-state index in [1.54, 1.807) is 0 Å². The lowest BCUT2D eigenvalue weighted by molar-refractivity contribution is -0.0497. The molecule has 0 amide bonds. The minimum atomic E-state index is 0.495. The van der Waals surface area contributed by atoms with Crippen molar-refractivity contribution >= 4 is 27.8 Å². The Morgan fingerprint density at radius 1 is 1.03 bits per heavy atom. The second kappa shape index (κ2) is 10.9. The van der Waals surface area contributed by atoms with E-state index in [-0.39, 0.29) is 0 Å². The van der Waals surface area contributed by atoms with Crippen molar-refractivity contribution in [3.63, 3.8) is 0 Å². The largest absolute Gasteiger partial charge is 0.269 e. The zero-order valence-electron chi connectivity index (χ0n) is 23.2. The minimum Gasteiger partial charge on any atom is -0.269 e. The quantitative estimate of drug-likeness (QED) is 0.224. The molecule has 0 spiro atoms. The van der Waals surface area contributed by atoms with Crippen LogP contribution in [-0.4, -0.2) is 17.2 Å². The summed E-state index contributed by atoms with van der Waals surface area (Å²) in [4.78, 5) is 4.27. The van der Waals surface area contributed by atoms with Gasteiger partial charge in [-0.3, -0.25) is 4.99 Å². The van der Waals surface area contributed by atoms with E-state index in [0.29, 0.717) is 10.8 Å². The second-order valence-corrected chi connectivity index (χ2v) is 16.5. The first-order valence-corrected chi connectivity index (χ1v) is 17.4. The van der Waals surface area contributed by atoms with Crippen LogP contribution in [0.15, 0.2) is 28.4 Å². The summed E-state index contributed by atoms with van der Waals surface area (Å²) in [6, 6.07) is 0. The Morgan fingerprint density at radius 2 is 1.89 bits per heavy atom. The molecule has 5 rings (SSSR count). The van der Waals surface area contributed by atoms with Crippen LogP contribution in [0.4, 0.5) is 0 Å². The molecule has 0 aromatic carbocycles. The molecule has 4 aliphatic carbocycles. The van der Waals surface area contributed by atoms with Gasteiger partial charge in [0.15, 0.2) is 0 Å². The van der Waals surface area contributed by atoms with Gasteiger partial charge in [-0.15, -0.1) is 0 Å². The fraction of sp³-hybridized carbons (Fsp3) is 0.844. The van der Waals surface area contributed by atoms with Gasteiger partial charge in [-0.1, -0.05) is 87.1 Å². The molecular weight excluding hydrogens is 462 g/mol. The Morgan fingerprint density at radius 3 is 2.66 bits per heavy atom. The topological polar surface area (TPSA) is 12.4 Å². The summed E-state index contributed by atoms with van der Waals surface area (Å²) in [6.45, 7) is 12.8. The third-order valence-electron chi connectivity index (χ3n) is 11.4. The predicted octanol–water partition coefficient (Wildman–Crippen LogP) is 10.1. The lowest BCUT2D eigenvalue weighted by Gasteiger charge is -2.58. The zero-order valence-corrected chi connectivity index (χ0v) is 24.9. The highest BCUT2D eigenvalue weighted by molar-refractivity contribution is 8.77. The highest BCUT2D eigenvalue weighted by Crippen LogP contribution is 2.67. The van der Waals surface area contributed by atoms with Crippen molar-refractivity contribution in [3.8, 4) is 0 Å². The SMILES string of the molecule is CC(C)CCCC(C)C1CCC2C3CC=C4CC(SSCC5=CN=CC5)CCC4(C)C3CCC12C. The van der Waals surface area contributed by atoms with Gasteiger partial charge in [-0.25, -0.2) is 0 Å². The highest BCUT2D eigenvalue weighted by Gasteiger charge is 2.59. The molecule has 1 aliphatic heterocycles. The molecule has 3 heteroatoms. The Balaban J connectivity index is 1.20. The first-order chi connectivity index (χ1) is 16.8. The summed E-state index contributed by atoms with van der Waals surface area (Å²) in [7, 11) is 4.25. The van der Waals surface area contributed by atoms with Gasteiger partial charge in [0.05, 0.1) is 0 Å². The van der Waals surface area contributed by atoms with Crippen molar-refractivity contribution in [1.82, 2.24) is 0 Å². The van der Waals surface area contributed by atoms with Crippen LogP contribution in [0.2, 0.25) is 0 Å². The van der Waals surface area contributed by atoms with Crippen LogP contribution in [0.1, 0.15) is 112 Å². The fourth-order valence-corrected chi connectivity index (χ4v) is 12.2. The van der Waals surface area contributed by atoms with Crippen LogP contribution in [0, 0.1) is 46.3 Å². The fourth-order valence-electron chi connectivity index (χ4n) is 9.42. The van der Waals surface area contributed by atoms with Gasteiger partial charge in [0.2, 0.25) is 0 Å². The number of fused-ring (bicyclic) bond motifs is 5. The molecule has 3 fully saturated rings. The maximum atomic E-state index is 4.27. The van der Waals surface area contributed by atoms with E-state index in [0.717, 1.165) is 52.9 Å². The molecule has 8 atom stereocenters. The van der Waals surface area contributed by atoms with Crippen LogP contribution in [0.3, 0.4) is 0 Å². The Bertz CT molecular complexity index is 843. The maximum absolute atomic E-state index is 4.27. The van der Waals surface area contributed by atoms with E-state index >= 15 is 0 Å². The number of hydrogen-bond donors (Lipinski definition) is 0. The van der Waals surface area contributed by atoms with Crippen molar-refractivity contribution in [3.05, 3.63) is 23.4 Å². The van der Waals surface area contributed by atoms with Crippen molar-refractivity contribution < 1.29 is 0 Å². The molecule has 3 saturated carbocycles. The number of rotatable bonds is 9. The molecule has 196 valence electrons. The first kappa shape index (κ1) is 26.5. The van der Waals surface area contributed by atoms with E-state index in [4.69, 9.17) is 0 Å². The number of allylic oxidation sites excluding steroid dienone is 2. The van der Waals surface area contributed by atoms with Crippen molar-refractivity contribution in [2.45, 2.75) is 117 Å². The van der Waals surface area contributed by atoms with Gasteiger partial charge >= 0.3 is 0 Å². The lowest BCUT2D eigenvalue weighted by atomic mass is 9.47. The van der Waals surface area contributed by atoms with Crippen molar-refractivity contribution in [2.24, 2.45) is 51.3 Å². The minimum absolute atomic E-state index is 0.495. The van der Waals surface area contributed by atoms with Crippen LogP contribution in [0.5, 0.6) is 0 Å². The lowest BCUT2D eigenvalue weighted by Crippen LogP contribution is -2.50. The van der Waals surface area contributed by atoms with Gasteiger partial charge in [-0.05, 0) is 103 Å². The molecule has 8 unspecified atom stereocenters. The average molecular weight is 514 g/mol. The third kappa shape index (κ3) is 5.25. The normalized spacial score (nSPS) is 41.3. The molecule has 5 aliphatic rings. The van der Waals surface area contributed by atoms with Gasteiger partial charge in [-0.2, -0.15) is 0 Å². The van der Waals surface area contributed by atoms with Crippen LogP contribution in [0.25, 0.3) is 0 Å². The smallest absolute Gasteiger partial charge is 0.0269 e. The Labute approximate surface area is 224 Å². The molecule has 1 heterocycles. The summed E-state index contributed by atoms with van der Waals surface area (Å²) in [5.41, 5.74) is 4.46. The van der Waals surface area contributed by atoms with E-state index in [1.807, 2.05) is 11.8 Å². The van der Waals surface area contributed by atoms with Gasteiger partial charge in [0.25, 0.3) is 0 Å². The Kier molecular flexibility index (Phi) is 8.25. The Hall–Kier alpha value is -0.150. The summed E-state index contributed by atoms with van der Waals surface area (Å²) < 4.78 is 0. The van der Waals surface area contributed by atoms with E-state index in [1.165, 1.54) is 76.2 Å². The molecule has 0 aromatic heterocycles. The van der Waals surface area contributed by atoms with E-state index in [2.05, 4.69) is 73.5 Å². The van der Waals surface area contributed by atoms with Crippen molar-refractivity contribution in [2.75, 3.05) is 5.75 Å². The van der Waals surface area contributed by atoms with E-state index < -0.39 is 0 Å². The van der Waals surface area contributed by atoms with Gasteiger partial charge in [0.1, 0.15) is 0 Å². The molecular formula is C32H51NS2. The number of hydrogen-bond acceptors (Lipinski definition) is 3.